The first-order valence-electron chi connectivity index (χ1n) is 5.07. The predicted octanol–water partition coefficient (Wildman–Crippen LogP) is 3.38. The Balaban J connectivity index is 2.56. The van der Waals surface area contributed by atoms with Crippen LogP contribution in [0.3, 0.4) is 0 Å². The van der Waals surface area contributed by atoms with Crippen LogP contribution >= 0.6 is 19.7 Å². The summed E-state index contributed by atoms with van der Waals surface area (Å²) in [6.45, 7) is 6.92. The summed E-state index contributed by atoms with van der Waals surface area (Å²) in [5, 5.41) is 1.15. The Labute approximate surface area is 92.2 Å². The highest BCUT2D eigenvalue weighted by molar-refractivity contribution is 8.05. The van der Waals surface area contributed by atoms with E-state index in [1.807, 2.05) is 24.2 Å². The van der Waals surface area contributed by atoms with Gasteiger partial charge in [0, 0.05) is 24.4 Å². The van der Waals surface area contributed by atoms with Crippen LogP contribution in [-0.4, -0.2) is 26.9 Å². The van der Waals surface area contributed by atoms with Crippen molar-refractivity contribution in [1.29, 1.82) is 0 Å². The second-order valence-electron chi connectivity index (χ2n) is 3.26. The Morgan fingerprint density at radius 2 is 2.14 bits per heavy atom. The number of nitrogens with zero attached hydrogens (tertiary/aromatic N) is 2. The van der Waals surface area contributed by atoms with Gasteiger partial charge in [0.2, 0.25) is 0 Å². The molecule has 2 nitrogen and oxygen atoms in total. The van der Waals surface area contributed by atoms with Gasteiger partial charge in [-0.3, -0.25) is 0 Å². The van der Waals surface area contributed by atoms with Crippen LogP contribution < -0.4 is 0 Å². The van der Waals surface area contributed by atoms with E-state index in [9.17, 15) is 0 Å². The second kappa shape index (κ2) is 5.77. The van der Waals surface area contributed by atoms with Gasteiger partial charge >= 0.3 is 0 Å². The molecule has 1 aromatic heterocycles. The van der Waals surface area contributed by atoms with E-state index in [4.69, 9.17) is 0 Å². The summed E-state index contributed by atoms with van der Waals surface area (Å²) in [6.07, 6.45) is 6.53. The summed E-state index contributed by atoms with van der Waals surface area (Å²) in [5.74, 6) is 0. The molecule has 0 aliphatic rings. The Hall–Kier alpha value is -0.0100. The Kier molecular flexibility index (Phi) is 4.97. The van der Waals surface area contributed by atoms with Crippen LogP contribution in [0.25, 0.3) is 0 Å². The first-order chi connectivity index (χ1) is 6.69. The maximum atomic E-state index is 4.34. The highest BCUT2D eigenvalue weighted by Gasteiger charge is 2.15. The third kappa shape index (κ3) is 2.99. The summed E-state index contributed by atoms with van der Waals surface area (Å²) >= 11 is 1.91. The van der Waals surface area contributed by atoms with Crippen molar-refractivity contribution in [1.82, 2.24) is 9.55 Å². The van der Waals surface area contributed by atoms with E-state index in [-0.39, 0.29) is 7.92 Å². The molecular formula is C10H19N2PS. The molecule has 14 heavy (non-hydrogen) atoms. The molecule has 1 heterocycles. The summed E-state index contributed by atoms with van der Waals surface area (Å²) < 4.78 is 2.10. The number of hydrogen-bond acceptors (Lipinski definition) is 2. The van der Waals surface area contributed by atoms with E-state index in [2.05, 4.69) is 37.4 Å². The van der Waals surface area contributed by atoms with Gasteiger partial charge in [0.15, 0.2) is 5.16 Å². The van der Waals surface area contributed by atoms with Gasteiger partial charge in [-0.05, 0) is 19.2 Å². The van der Waals surface area contributed by atoms with E-state index in [1.54, 1.807) is 0 Å². The Morgan fingerprint density at radius 3 is 2.57 bits per heavy atom. The van der Waals surface area contributed by atoms with E-state index >= 15 is 0 Å². The molecule has 0 fully saturated rings. The lowest BCUT2D eigenvalue weighted by atomic mass is 10.9. The molecule has 0 aromatic carbocycles. The minimum absolute atomic E-state index is 0.175. The molecule has 1 aromatic rings. The molecule has 0 spiro atoms. The van der Waals surface area contributed by atoms with Crippen LogP contribution in [0.5, 0.6) is 0 Å². The van der Waals surface area contributed by atoms with E-state index in [0.29, 0.717) is 0 Å². The van der Waals surface area contributed by atoms with Crippen molar-refractivity contribution in [3.8, 4) is 0 Å². The van der Waals surface area contributed by atoms with Crippen LogP contribution in [0.4, 0.5) is 0 Å². The van der Waals surface area contributed by atoms with Gasteiger partial charge < -0.3 is 4.57 Å². The smallest absolute Gasteiger partial charge is 0.168 e. The highest BCUT2D eigenvalue weighted by Crippen LogP contribution is 2.47. The molecule has 1 unspecified atom stereocenters. The van der Waals surface area contributed by atoms with Crippen molar-refractivity contribution >= 4 is 19.7 Å². The minimum atomic E-state index is 0.175. The van der Waals surface area contributed by atoms with Gasteiger partial charge in [-0.25, -0.2) is 4.98 Å². The zero-order valence-corrected chi connectivity index (χ0v) is 11.1. The zero-order chi connectivity index (χ0) is 10.6. The van der Waals surface area contributed by atoms with Crippen molar-refractivity contribution in [2.24, 2.45) is 7.05 Å². The SMILES string of the molecule is CCP(CC)C(C)Sc1nccn1C. The molecule has 80 valence electrons. The lowest BCUT2D eigenvalue weighted by Crippen LogP contribution is -2.00. The Morgan fingerprint density at radius 1 is 1.50 bits per heavy atom. The largest absolute Gasteiger partial charge is 0.329 e. The molecule has 1 atom stereocenters. The first kappa shape index (κ1) is 12.1. The highest BCUT2D eigenvalue weighted by atomic mass is 32.2. The summed E-state index contributed by atoms with van der Waals surface area (Å²) in [5.41, 5.74) is 0. The molecule has 0 radical (unpaired) electrons. The minimum Gasteiger partial charge on any atom is -0.329 e. The average Bonchev–Trinajstić information content (AvgIpc) is 2.54. The molecule has 1 rings (SSSR count). The van der Waals surface area contributed by atoms with Crippen LogP contribution in [0.1, 0.15) is 20.8 Å². The van der Waals surface area contributed by atoms with Gasteiger partial charge in [-0.15, -0.1) is 0 Å². The molecule has 0 amide bonds. The molecular weight excluding hydrogens is 211 g/mol. The van der Waals surface area contributed by atoms with Crippen molar-refractivity contribution in [2.45, 2.75) is 30.9 Å². The van der Waals surface area contributed by atoms with Crippen molar-refractivity contribution in [2.75, 3.05) is 12.3 Å². The lowest BCUT2D eigenvalue weighted by Gasteiger charge is -2.20. The summed E-state index contributed by atoms with van der Waals surface area (Å²) in [4.78, 5) is 5.07. The topological polar surface area (TPSA) is 17.8 Å². The van der Waals surface area contributed by atoms with Gasteiger partial charge in [0.05, 0.1) is 0 Å². The number of aryl methyl sites for hydroxylation is 1. The maximum absolute atomic E-state index is 4.34. The predicted molar refractivity (Wildman–Crippen MR) is 66.5 cm³/mol. The van der Waals surface area contributed by atoms with Crippen LogP contribution in [0, 0.1) is 0 Å². The van der Waals surface area contributed by atoms with Gasteiger partial charge in [0.25, 0.3) is 0 Å². The van der Waals surface area contributed by atoms with Crippen LogP contribution in [0.15, 0.2) is 17.6 Å². The average molecular weight is 230 g/mol. The fraction of sp³-hybridized carbons (Fsp3) is 0.700. The first-order valence-corrected chi connectivity index (χ1v) is 7.73. The van der Waals surface area contributed by atoms with Crippen LogP contribution in [-0.2, 0) is 7.05 Å². The fourth-order valence-corrected chi connectivity index (χ4v) is 5.33. The molecule has 4 heteroatoms. The van der Waals surface area contributed by atoms with Gasteiger partial charge in [-0.1, -0.05) is 33.5 Å². The molecule has 0 saturated heterocycles. The van der Waals surface area contributed by atoms with Crippen molar-refractivity contribution in [3.63, 3.8) is 0 Å². The second-order valence-corrected chi connectivity index (χ2v) is 8.13. The van der Waals surface area contributed by atoms with E-state index in [0.717, 1.165) is 10.1 Å². The third-order valence-corrected chi connectivity index (χ3v) is 7.19. The molecule has 0 N–H and O–H groups in total. The quantitative estimate of drug-likeness (QED) is 0.570. The van der Waals surface area contributed by atoms with Crippen molar-refractivity contribution in [3.05, 3.63) is 12.4 Å². The van der Waals surface area contributed by atoms with Gasteiger partial charge in [0.1, 0.15) is 0 Å². The van der Waals surface area contributed by atoms with Crippen LogP contribution in [0.2, 0.25) is 0 Å². The third-order valence-electron chi connectivity index (χ3n) is 2.38. The lowest BCUT2D eigenvalue weighted by molar-refractivity contribution is 0.789. The van der Waals surface area contributed by atoms with Crippen molar-refractivity contribution < 1.29 is 0 Å². The summed E-state index contributed by atoms with van der Waals surface area (Å²) in [6, 6.07) is 0. The fourth-order valence-electron chi connectivity index (χ4n) is 1.43. The standard InChI is InChI=1S/C10H19N2PS/c1-5-13(6-2)9(3)14-10-11-7-8-12(10)4/h7-9H,5-6H2,1-4H3. The normalized spacial score (nSPS) is 13.5. The Bertz CT molecular complexity index is 271. The molecule has 0 saturated carbocycles. The van der Waals surface area contributed by atoms with E-state index in [1.165, 1.54) is 12.3 Å². The number of imidazole rings is 1. The number of aromatic nitrogens is 2. The molecule has 0 bridgehead atoms. The summed E-state index contributed by atoms with van der Waals surface area (Å²) in [7, 11) is 2.23. The number of thioether (sulfide) groups is 1. The zero-order valence-electron chi connectivity index (χ0n) is 9.40. The number of rotatable bonds is 5. The van der Waals surface area contributed by atoms with E-state index < -0.39 is 0 Å². The maximum Gasteiger partial charge on any atom is 0.168 e. The molecule has 0 aliphatic carbocycles. The molecule has 0 aliphatic heterocycles. The number of hydrogen-bond donors (Lipinski definition) is 0. The monoisotopic (exact) mass is 230 g/mol. The van der Waals surface area contributed by atoms with Gasteiger partial charge in [-0.2, -0.15) is 0 Å².